The van der Waals surface area contributed by atoms with Crippen LogP contribution >= 0.6 is 0 Å². The van der Waals surface area contributed by atoms with Crippen molar-refractivity contribution in [2.75, 3.05) is 6.61 Å². The summed E-state index contributed by atoms with van der Waals surface area (Å²) in [5.41, 5.74) is -1.25. The summed E-state index contributed by atoms with van der Waals surface area (Å²) in [6, 6.07) is 0. The van der Waals surface area contributed by atoms with Crippen molar-refractivity contribution in [1.82, 2.24) is 0 Å². The summed E-state index contributed by atoms with van der Waals surface area (Å²) in [6.07, 6.45) is 21.6. The second kappa shape index (κ2) is 20.3. The maximum Gasteiger partial charge on any atom is 0.323 e. The number of rotatable bonds is 22. The lowest BCUT2D eigenvalue weighted by molar-refractivity contribution is -0.174. The Morgan fingerprint density at radius 2 is 1.03 bits per heavy atom. The number of hydrogen-bond donors (Lipinski definition) is 0. The van der Waals surface area contributed by atoms with Crippen LogP contribution in [0.25, 0.3) is 0 Å². The Balaban J connectivity index is 3.63. The van der Waals surface area contributed by atoms with Crippen molar-refractivity contribution in [2.24, 2.45) is 11.3 Å². The molecule has 0 saturated carbocycles. The highest BCUT2D eigenvalue weighted by Gasteiger charge is 2.40. The van der Waals surface area contributed by atoms with Gasteiger partial charge in [0.15, 0.2) is 5.41 Å². The van der Waals surface area contributed by atoms with Gasteiger partial charge in [0.2, 0.25) is 0 Å². The molecule has 4 heteroatoms. The second-order valence-electron chi connectivity index (χ2n) is 10.7. The third kappa shape index (κ3) is 16.2. The van der Waals surface area contributed by atoms with Crippen LogP contribution in [0.3, 0.4) is 0 Å². The van der Waals surface area contributed by atoms with Gasteiger partial charge in [-0.15, -0.1) is 0 Å². The van der Waals surface area contributed by atoms with E-state index in [-0.39, 0.29) is 12.0 Å². The van der Waals surface area contributed by atoms with Crippen LogP contribution < -0.4 is 0 Å². The Hall–Kier alpha value is -1.06. The molecular weight excluding hydrogens is 412 g/mol. The first-order valence-electron chi connectivity index (χ1n) is 14.2. The number of esters is 2. The highest BCUT2D eigenvalue weighted by Crippen LogP contribution is 2.23. The fourth-order valence-corrected chi connectivity index (χ4v) is 4.05. The quantitative estimate of drug-likeness (QED) is 0.0904. The summed E-state index contributed by atoms with van der Waals surface area (Å²) in [5.74, 6) is -0.733. The van der Waals surface area contributed by atoms with Gasteiger partial charge < -0.3 is 9.47 Å². The predicted octanol–water partition coefficient (Wildman–Crippen LogP) is 8.80. The minimum atomic E-state index is -1.25. The Morgan fingerprint density at radius 1 is 0.636 bits per heavy atom. The molecule has 0 fully saturated rings. The van der Waals surface area contributed by atoms with Crippen LogP contribution in [-0.2, 0) is 19.1 Å². The van der Waals surface area contributed by atoms with E-state index in [1.54, 1.807) is 13.8 Å². The molecule has 0 aromatic heterocycles. The summed E-state index contributed by atoms with van der Waals surface area (Å²) in [6.45, 7) is 11.9. The standard InChI is InChI=1S/C29H56O4/c1-7-9-10-11-12-13-14-15-16-17-18-19-20-21-22-23-24-32-27(30)29(5,6)28(31)33-26(8-2)25(3)4/h25-26H,7-24H2,1-6H3. The molecule has 0 aromatic carbocycles. The van der Waals surface area contributed by atoms with E-state index in [4.69, 9.17) is 9.47 Å². The first kappa shape index (κ1) is 31.9. The molecule has 0 heterocycles. The molecule has 0 aliphatic heterocycles. The lowest BCUT2D eigenvalue weighted by Gasteiger charge is -2.26. The average Bonchev–Trinajstić information content (AvgIpc) is 2.78. The van der Waals surface area contributed by atoms with E-state index in [2.05, 4.69) is 6.92 Å². The van der Waals surface area contributed by atoms with Crippen molar-refractivity contribution in [3.8, 4) is 0 Å². The molecule has 0 spiro atoms. The molecule has 33 heavy (non-hydrogen) atoms. The van der Waals surface area contributed by atoms with Crippen molar-refractivity contribution in [3.05, 3.63) is 0 Å². The van der Waals surface area contributed by atoms with E-state index in [0.717, 1.165) is 19.3 Å². The molecule has 0 rings (SSSR count). The van der Waals surface area contributed by atoms with Gasteiger partial charge >= 0.3 is 11.9 Å². The zero-order valence-electron chi connectivity index (χ0n) is 23.0. The Kier molecular flexibility index (Phi) is 19.7. The molecular formula is C29H56O4. The zero-order valence-corrected chi connectivity index (χ0v) is 23.0. The normalized spacial score (nSPS) is 12.7. The summed E-state index contributed by atoms with van der Waals surface area (Å²) in [4.78, 5) is 24.8. The first-order valence-corrected chi connectivity index (χ1v) is 14.2. The van der Waals surface area contributed by atoms with Crippen LogP contribution in [0.4, 0.5) is 0 Å². The van der Waals surface area contributed by atoms with Gasteiger partial charge in [-0.25, -0.2) is 0 Å². The fourth-order valence-electron chi connectivity index (χ4n) is 4.05. The Morgan fingerprint density at radius 3 is 1.39 bits per heavy atom. The second-order valence-corrected chi connectivity index (χ2v) is 10.7. The van der Waals surface area contributed by atoms with Crippen LogP contribution in [0.2, 0.25) is 0 Å². The highest BCUT2D eigenvalue weighted by molar-refractivity contribution is 5.99. The van der Waals surface area contributed by atoms with Crippen LogP contribution in [0, 0.1) is 11.3 Å². The van der Waals surface area contributed by atoms with Crippen LogP contribution in [0.5, 0.6) is 0 Å². The molecule has 1 atom stereocenters. The first-order chi connectivity index (χ1) is 15.8. The number of unbranched alkanes of at least 4 members (excludes halogenated alkanes) is 15. The van der Waals surface area contributed by atoms with E-state index in [1.165, 1.54) is 89.9 Å². The minimum Gasteiger partial charge on any atom is -0.465 e. The van der Waals surface area contributed by atoms with E-state index in [0.29, 0.717) is 6.61 Å². The van der Waals surface area contributed by atoms with Crippen molar-refractivity contribution >= 4 is 11.9 Å². The van der Waals surface area contributed by atoms with Gasteiger partial charge in [0, 0.05) is 0 Å². The van der Waals surface area contributed by atoms with Crippen molar-refractivity contribution < 1.29 is 19.1 Å². The van der Waals surface area contributed by atoms with E-state index in [1.807, 2.05) is 20.8 Å². The molecule has 0 aliphatic carbocycles. The minimum absolute atomic E-state index is 0.162. The van der Waals surface area contributed by atoms with E-state index < -0.39 is 17.4 Å². The summed E-state index contributed by atoms with van der Waals surface area (Å²) < 4.78 is 10.9. The van der Waals surface area contributed by atoms with Gasteiger partial charge in [-0.1, -0.05) is 124 Å². The van der Waals surface area contributed by atoms with Gasteiger partial charge in [0.05, 0.1) is 6.61 Å². The van der Waals surface area contributed by atoms with Gasteiger partial charge in [-0.3, -0.25) is 9.59 Å². The third-order valence-electron chi connectivity index (χ3n) is 6.66. The van der Waals surface area contributed by atoms with Gasteiger partial charge in [-0.05, 0) is 32.6 Å². The smallest absolute Gasteiger partial charge is 0.323 e. The lowest BCUT2D eigenvalue weighted by atomic mass is 9.93. The maximum atomic E-state index is 12.4. The maximum absolute atomic E-state index is 12.4. The van der Waals surface area contributed by atoms with Crippen LogP contribution in [0.1, 0.15) is 151 Å². The van der Waals surface area contributed by atoms with E-state index >= 15 is 0 Å². The highest BCUT2D eigenvalue weighted by atomic mass is 16.6. The topological polar surface area (TPSA) is 52.6 Å². The van der Waals surface area contributed by atoms with Crippen molar-refractivity contribution in [1.29, 1.82) is 0 Å². The lowest BCUT2D eigenvalue weighted by Crippen LogP contribution is -2.39. The van der Waals surface area contributed by atoms with Gasteiger partial charge in [-0.2, -0.15) is 0 Å². The summed E-state index contributed by atoms with van der Waals surface area (Å²) in [5, 5.41) is 0. The number of carbonyl (C=O) groups is 2. The molecule has 0 bridgehead atoms. The molecule has 0 amide bonds. The van der Waals surface area contributed by atoms with Crippen molar-refractivity contribution in [3.63, 3.8) is 0 Å². The van der Waals surface area contributed by atoms with Gasteiger partial charge in [0.25, 0.3) is 0 Å². The van der Waals surface area contributed by atoms with Crippen LogP contribution in [0.15, 0.2) is 0 Å². The molecule has 4 nitrogen and oxygen atoms in total. The van der Waals surface area contributed by atoms with E-state index in [9.17, 15) is 9.59 Å². The largest absolute Gasteiger partial charge is 0.465 e. The Bertz CT molecular complexity index is 484. The summed E-state index contributed by atoms with van der Waals surface area (Å²) >= 11 is 0. The van der Waals surface area contributed by atoms with Crippen molar-refractivity contribution in [2.45, 2.75) is 157 Å². The third-order valence-corrected chi connectivity index (χ3v) is 6.66. The molecule has 196 valence electrons. The number of carbonyl (C=O) groups excluding carboxylic acids is 2. The summed E-state index contributed by atoms with van der Waals surface area (Å²) in [7, 11) is 0. The van der Waals surface area contributed by atoms with Crippen LogP contribution in [-0.4, -0.2) is 24.6 Å². The fraction of sp³-hybridized carbons (Fsp3) is 0.931. The SMILES string of the molecule is CCCCCCCCCCCCCCCCCCOC(=O)C(C)(C)C(=O)OC(CC)C(C)C. The molecule has 0 saturated heterocycles. The van der Waals surface area contributed by atoms with Gasteiger partial charge in [0.1, 0.15) is 6.10 Å². The zero-order chi connectivity index (χ0) is 25.0. The predicted molar refractivity (Wildman–Crippen MR) is 139 cm³/mol. The number of hydrogen-bond acceptors (Lipinski definition) is 4. The molecule has 0 N–H and O–H groups in total. The average molecular weight is 469 g/mol. The molecule has 0 aliphatic rings. The Labute approximate surface area is 206 Å². The molecule has 0 radical (unpaired) electrons. The monoisotopic (exact) mass is 468 g/mol. The molecule has 1 unspecified atom stereocenters. The number of ether oxygens (including phenoxy) is 2. The molecule has 0 aromatic rings.